The van der Waals surface area contributed by atoms with Crippen LogP contribution in [0.15, 0.2) is 36.7 Å². The Morgan fingerprint density at radius 2 is 1.85 bits per heavy atom. The van der Waals surface area contributed by atoms with Gasteiger partial charge in [0.2, 0.25) is 11.0 Å². The van der Waals surface area contributed by atoms with Crippen LogP contribution in [-0.4, -0.2) is 26.2 Å². The number of hydrogen-bond acceptors (Lipinski definition) is 7. The van der Waals surface area contributed by atoms with E-state index in [1.165, 1.54) is 17.5 Å². The maximum absolute atomic E-state index is 12.1. The molecule has 27 heavy (non-hydrogen) atoms. The monoisotopic (exact) mass is 384 g/mol. The van der Waals surface area contributed by atoms with Crippen molar-refractivity contribution < 1.29 is 9.53 Å². The lowest BCUT2D eigenvalue weighted by Crippen LogP contribution is -2.19. The number of pyridine rings is 2. The molecule has 0 aliphatic heterocycles. The van der Waals surface area contributed by atoms with E-state index >= 15 is 0 Å². The van der Waals surface area contributed by atoms with Gasteiger partial charge in [-0.05, 0) is 25.1 Å². The number of nitrogens with zero attached hydrogens (tertiary/aromatic N) is 4. The first-order valence-electron chi connectivity index (χ1n) is 8.28. The number of anilines is 2. The van der Waals surface area contributed by atoms with Gasteiger partial charge in [-0.25, -0.2) is 9.78 Å². The minimum absolute atomic E-state index is 0.110. The number of carbonyl (C=O) groups excluding carboxylic acids is 1. The first-order chi connectivity index (χ1) is 12.8. The van der Waals surface area contributed by atoms with Crippen molar-refractivity contribution in [2.75, 3.05) is 10.6 Å². The molecule has 0 fully saturated rings. The van der Waals surface area contributed by atoms with Crippen LogP contribution in [-0.2, 0) is 5.41 Å². The van der Waals surface area contributed by atoms with Crippen molar-refractivity contribution in [1.29, 1.82) is 0 Å². The SMILES string of the molecule is Cc1ccc(Oc2ccc(NC(=O)Nc3nnc(C(C)(C)C)s3)cn2)cn1. The van der Waals surface area contributed by atoms with Crippen molar-refractivity contribution in [3.63, 3.8) is 0 Å². The lowest BCUT2D eigenvalue weighted by atomic mass is 9.98. The maximum atomic E-state index is 12.1. The highest BCUT2D eigenvalue weighted by atomic mass is 32.1. The molecule has 3 aromatic heterocycles. The van der Waals surface area contributed by atoms with Crippen LogP contribution in [0.4, 0.5) is 15.6 Å². The van der Waals surface area contributed by atoms with Crippen molar-refractivity contribution in [3.8, 4) is 11.6 Å². The van der Waals surface area contributed by atoms with E-state index in [1.807, 2.05) is 39.8 Å². The van der Waals surface area contributed by atoms with Crippen LogP contribution < -0.4 is 15.4 Å². The molecule has 3 aromatic rings. The molecule has 2 N–H and O–H groups in total. The Labute approximate surface area is 161 Å². The molecule has 140 valence electrons. The molecule has 0 bridgehead atoms. The van der Waals surface area contributed by atoms with Crippen LogP contribution in [0, 0.1) is 6.92 Å². The molecule has 2 amide bonds. The van der Waals surface area contributed by atoms with Gasteiger partial charge in [0.15, 0.2) is 0 Å². The van der Waals surface area contributed by atoms with E-state index in [1.54, 1.807) is 18.3 Å². The predicted octanol–water partition coefficient (Wildman–Crippen LogP) is 4.37. The Morgan fingerprint density at radius 1 is 1.04 bits per heavy atom. The van der Waals surface area contributed by atoms with Crippen molar-refractivity contribution in [2.45, 2.75) is 33.1 Å². The number of carbonyl (C=O) groups is 1. The molecule has 0 aromatic carbocycles. The van der Waals surface area contributed by atoms with Gasteiger partial charge in [0.1, 0.15) is 10.8 Å². The van der Waals surface area contributed by atoms with Gasteiger partial charge < -0.3 is 10.1 Å². The van der Waals surface area contributed by atoms with E-state index in [0.717, 1.165) is 10.7 Å². The fraction of sp³-hybridized carbons (Fsp3) is 0.278. The zero-order chi connectivity index (χ0) is 19.4. The quantitative estimate of drug-likeness (QED) is 0.692. The van der Waals surface area contributed by atoms with Gasteiger partial charge in [-0.3, -0.25) is 10.3 Å². The number of nitrogens with one attached hydrogen (secondary N) is 2. The Kier molecular flexibility index (Phi) is 5.31. The summed E-state index contributed by atoms with van der Waals surface area (Å²) < 4.78 is 5.61. The summed E-state index contributed by atoms with van der Waals surface area (Å²) in [6, 6.07) is 6.62. The smallest absolute Gasteiger partial charge is 0.325 e. The summed E-state index contributed by atoms with van der Waals surface area (Å²) in [5.74, 6) is 1.00. The van der Waals surface area contributed by atoms with Crippen LogP contribution in [0.2, 0.25) is 0 Å². The lowest BCUT2D eigenvalue weighted by Gasteiger charge is -2.12. The molecule has 0 saturated heterocycles. The second-order valence-electron chi connectivity index (χ2n) is 6.86. The highest BCUT2D eigenvalue weighted by Gasteiger charge is 2.20. The van der Waals surface area contributed by atoms with Gasteiger partial charge in [-0.1, -0.05) is 32.1 Å². The number of ether oxygens (including phenoxy) is 1. The van der Waals surface area contributed by atoms with E-state index < -0.39 is 6.03 Å². The van der Waals surface area contributed by atoms with Crippen LogP contribution >= 0.6 is 11.3 Å². The maximum Gasteiger partial charge on any atom is 0.325 e. The number of urea groups is 1. The molecule has 3 heterocycles. The normalized spacial score (nSPS) is 11.1. The van der Waals surface area contributed by atoms with Gasteiger partial charge in [0.25, 0.3) is 0 Å². The highest BCUT2D eigenvalue weighted by Crippen LogP contribution is 2.27. The molecule has 3 rings (SSSR count). The zero-order valence-corrected chi connectivity index (χ0v) is 16.3. The van der Waals surface area contributed by atoms with E-state index in [9.17, 15) is 4.79 Å². The van der Waals surface area contributed by atoms with Crippen molar-refractivity contribution in [2.24, 2.45) is 0 Å². The summed E-state index contributed by atoms with van der Waals surface area (Å²) in [5.41, 5.74) is 1.33. The minimum atomic E-state index is -0.412. The van der Waals surface area contributed by atoms with Gasteiger partial charge in [0, 0.05) is 17.2 Å². The van der Waals surface area contributed by atoms with Crippen LogP contribution in [0.25, 0.3) is 0 Å². The highest BCUT2D eigenvalue weighted by molar-refractivity contribution is 7.15. The topological polar surface area (TPSA) is 102 Å². The van der Waals surface area contributed by atoms with E-state index in [-0.39, 0.29) is 5.41 Å². The molecule has 0 aliphatic carbocycles. The molecule has 0 radical (unpaired) electrons. The van der Waals surface area contributed by atoms with Crippen LogP contribution in [0.1, 0.15) is 31.5 Å². The predicted molar refractivity (Wildman–Crippen MR) is 105 cm³/mol. The third-order valence-corrected chi connectivity index (χ3v) is 4.65. The standard InChI is InChI=1S/C18H20N6O2S/c1-11-5-7-13(10-19-11)26-14-8-6-12(9-20-14)21-16(25)22-17-24-23-15(27-17)18(2,3)4/h5-10H,1-4H3,(H2,21,22,24,25). The largest absolute Gasteiger partial charge is 0.437 e. The van der Waals surface area contributed by atoms with Crippen LogP contribution in [0.3, 0.4) is 0 Å². The second-order valence-corrected chi connectivity index (χ2v) is 7.84. The number of aromatic nitrogens is 4. The molecule has 8 nitrogen and oxygen atoms in total. The lowest BCUT2D eigenvalue weighted by molar-refractivity contribution is 0.262. The third kappa shape index (κ3) is 5.20. The fourth-order valence-electron chi connectivity index (χ4n) is 1.99. The van der Waals surface area contributed by atoms with Gasteiger partial charge in [-0.15, -0.1) is 10.2 Å². The van der Waals surface area contributed by atoms with Crippen LogP contribution in [0.5, 0.6) is 11.6 Å². The second kappa shape index (κ2) is 7.67. The first-order valence-corrected chi connectivity index (χ1v) is 9.10. The van der Waals surface area contributed by atoms with Gasteiger partial charge in [0.05, 0.1) is 18.1 Å². The zero-order valence-electron chi connectivity index (χ0n) is 15.5. The summed E-state index contributed by atoms with van der Waals surface area (Å²) in [7, 11) is 0. The summed E-state index contributed by atoms with van der Waals surface area (Å²) in [5, 5.41) is 14.7. The van der Waals surface area contributed by atoms with E-state index in [2.05, 4.69) is 30.8 Å². The molecule has 0 unspecified atom stereocenters. The van der Waals surface area contributed by atoms with Crippen molar-refractivity contribution in [3.05, 3.63) is 47.4 Å². The average molecular weight is 384 g/mol. The van der Waals surface area contributed by atoms with Crippen molar-refractivity contribution >= 4 is 28.2 Å². The number of aryl methyl sites for hydroxylation is 1. The van der Waals surface area contributed by atoms with E-state index in [0.29, 0.717) is 22.4 Å². The van der Waals surface area contributed by atoms with Crippen molar-refractivity contribution in [1.82, 2.24) is 20.2 Å². The summed E-state index contributed by atoms with van der Waals surface area (Å²) in [6.07, 6.45) is 3.14. The molecule has 0 aliphatic rings. The molecule has 0 saturated carbocycles. The number of amides is 2. The summed E-state index contributed by atoms with van der Waals surface area (Å²) >= 11 is 1.35. The molecule has 0 spiro atoms. The average Bonchev–Trinajstić information content (AvgIpc) is 3.07. The molecule has 9 heteroatoms. The van der Waals surface area contributed by atoms with E-state index in [4.69, 9.17) is 4.74 Å². The third-order valence-electron chi connectivity index (χ3n) is 3.39. The molecular formula is C18H20N6O2S. The Balaban J connectivity index is 1.56. The molecular weight excluding hydrogens is 364 g/mol. The van der Waals surface area contributed by atoms with Gasteiger partial charge >= 0.3 is 6.03 Å². The number of hydrogen-bond donors (Lipinski definition) is 2. The molecule has 0 atom stereocenters. The van der Waals surface area contributed by atoms with Gasteiger partial charge in [-0.2, -0.15) is 0 Å². The minimum Gasteiger partial charge on any atom is -0.437 e. The Morgan fingerprint density at radius 3 is 2.44 bits per heavy atom. The summed E-state index contributed by atoms with van der Waals surface area (Å²) in [4.78, 5) is 20.4. The fourth-order valence-corrected chi connectivity index (χ4v) is 2.78. The Bertz CT molecular complexity index is 916. The summed E-state index contributed by atoms with van der Waals surface area (Å²) in [6.45, 7) is 8.03. The Hall–Kier alpha value is -3.07. The first kappa shape index (κ1) is 18.7. The number of rotatable bonds is 4.